The molecule has 4 aromatic rings. The summed E-state index contributed by atoms with van der Waals surface area (Å²) in [5.74, 6) is -0.233. The van der Waals surface area contributed by atoms with Crippen molar-refractivity contribution in [3.05, 3.63) is 42.1 Å². The van der Waals surface area contributed by atoms with Gasteiger partial charge in [-0.2, -0.15) is 10.1 Å². The predicted octanol–water partition coefficient (Wildman–Crippen LogP) is 2.66. The van der Waals surface area contributed by atoms with Gasteiger partial charge in [0.05, 0.1) is 41.7 Å². The summed E-state index contributed by atoms with van der Waals surface area (Å²) >= 11 is 0. The van der Waals surface area contributed by atoms with Crippen LogP contribution in [0, 0.1) is 5.82 Å². The molecule has 3 N–H and O–H groups in total. The van der Waals surface area contributed by atoms with Gasteiger partial charge in [-0.3, -0.25) is 4.79 Å². The summed E-state index contributed by atoms with van der Waals surface area (Å²) in [7, 11) is 3.02. The molecule has 0 bridgehead atoms. The van der Waals surface area contributed by atoms with E-state index >= 15 is 4.39 Å². The number of aliphatic hydroxyl groups is 1. The number of hydrogen-bond acceptors (Lipinski definition) is 7. The molecule has 1 fully saturated rings. The van der Waals surface area contributed by atoms with E-state index in [1.807, 2.05) is 6.92 Å². The van der Waals surface area contributed by atoms with E-state index in [0.29, 0.717) is 41.0 Å². The van der Waals surface area contributed by atoms with Gasteiger partial charge in [-0.05, 0) is 50.3 Å². The number of aromatic nitrogens is 5. The van der Waals surface area contributed by atoms with Crippen LogP contribution in [-0.4, -0.2) is 61.0 Å². The van der Waals surface area contributed by atoms with Crippen molar-refractivity contribution < 1.29 is 19.0 Å². The second-order valence-electron chi connectivity index (χ2n) is 8.89. The van der Waals surface area contributed by atoms with Crippen molar-refractivity contribution in [1.29, 1.82) is 0 Å². The third-order valence-corrected chi connectivity index (χ3v) is 6.42. The number of anilines is 1. The molecule has 0 radical (unpaired) electrons. The number of carbonyl (C=O) groups excluding carboxylic acids is 1. The summed E-state index contributed by atoms with van der Waals surface area (Å²) in [5, 5.41) is 24.7. The molecule has 10 nitrogen and oxygen atoms in total. The zero-order chi connectivity index (χ0) is 24.0. The molecule has 5 rings (SSSR count). The predicted molar refractivity (Wildman–Crippen MR) is 124 cm³/mol. The fraction of sp³-hybridized carbons (Fsp3) is 0.391. The van der Waals surface area contributed by atoms with E-state index < -0.39 is 11.4 Å². The highest BCUT2D eigenvalue weighted by Gasteiger charge is 2.29. The number of amides is 1. The first-order chi connectivity index (χ1) is 16.3. The third kappa shape index (κ3) is 3.81. The van der Waals surface area contributed by atoms with Crippen molar-refractivity contribution in [3.63, 3.8) is 0 Å². The first-order valence-corrected chi connectivity index (χ1v) is 11.1. The van der Waals surface area contributed by atoms with Gasteiger partial charge in [0.25, 0.3) is 5.91 Å². The molecule has 11 heteroatoms. The second kappa shape index (κ2) is 8.24. The van der Waals surface area contributed by atoms with Crippen molar-refractivity contribution >= 4 is 22.9 Å². The average molecular weight is 468 g/mol. The standard InChI is InChI=1S/C23H26FN7O3/c1-23(33)7-4-14(5-8-23)27-22-28-21(34-3)19-18(16(24)12-31(19)29-22)13-6-9-30-17(10-13)15(11-26-30)20(32)25-2/h6,9-12,14,33H,4-5,7-8H2,1-3H3,(H,25,32)(H,27,29)/t14-,23+. The number of hydrogen-bond donors (Lipinski definition) is 3. The van der Waals surface area contributed by atoms with Crippen molar-refractivity contribution in [2.75, 3.05) is 19.5 Å². The van der Waals surface area contributed by atoms with Crippen LogP contribution in [0.3, 0.4) is 0 Å². The highest BCUT2D eigenvalue weighted by molar-refractivity contribution is 6.01. The lowest BCUT2D eigenvalue weighted by atomic mass is 9.84. The van der Waals surface area contributed by atoms with E-state index in [-0.39, 0.29) is 23.4 Å². The van der Waals surface area contributed by atoms with Gasteiger partial charge in [-0.25, -0.2) is 13.4 Å². The number of ether oxygens (including phenoxy) is 1. The molecule has 1 aliphatic rings. The first-order valence-electron chi connectivity index (χ1n) is 11.1. The van der Waals surface area contributed by atoms with Crippen LogP contribution in [0.2, 0.25) is 0 Å². The maximum atomic E-state index is 15.2. The van der Waals surface area contributed by atoms with Crippen LogP contribution in [0.15, 0.2) is 30.7 Å². The molecule has 0 atom stereocenters. The van der Waals surface area contributed by atoms with Crippen LogP contribution in [0.5, 0.6) is 5.88 Å². The number of methoxy groups -OCH3 is 1. The Hall–Kier alpha value is -3.73. The molecule has 1 amide bonds. The van der Waals surface area contributed by atoms with Gasteiger partial charge in [0.15, 0.2) is 5.82 Å². The van der Waals surface area contributed by atoms with Gasteiger partial charge < -0.3 is 20.5 Å². The minimum Gasteiger partial charge on any atom is -0.479 e. The zero-order valence-corrected chi connectivity index (χ0v) is 19.2. The lowest BCUT2D eigenvalue weighted by Gasteiger charge is -2.33. The maximum absolute atomic E-state index is 15.2. The molecule has 4 aromatic heterocycles. The van der Waals surface area contributed by atoms with Crippen LogP contribution in [0.1, 0.15) is 43.0 Å². The molecular weight excluding hydrogens is 441 g/mol. The Labute approximate surface area is 194 Å². The highest BCUT2D eigenvalue weighted by atomic mass is 19.1. The van der Waals surface area contributed by atoms with E-state index in [1.54, 1.807) is 29.9 Å². The number of pyridine rings is 1. The maximum Gasteiger partial charge on any atom is 0.254 e. The zero-order valence-electron chi connectivity index (χ0n) is 19.2. The van der Waals surface area contributed by atoms with Gasteiger partial charge in [-0.1, -0.05) is 0 Å². The number of carbonyl (C=O) groups is 1. The Morgan fingerprint density at radius 2 is 2.09 bits per heavy atom. The Balaban J connectivity index is 1.55. The highest BCUT2D eigenvalue weighted by Crippen LogP contribution is 2.35. The topological polar surface area (TPSA) is 118 Å². The summed E-state index contributed by atoms with van der Waals surface area (Å²) in [6.45, 7) is 1.85. The summed E-state index contributed by atoms with van der Waals surface area (Å²) in [6, 6.07) is 3.52. The fourth-order valence-electron chi connectivity index (χ4n) is 4.51. The SMILES string of the molecule is CNC(=O)c1cnn2ccc(-c3c(F)cn4nc(N[C@H]5CC[C@@](C)(O)CC5)nc(OC)c34)cc12. The smallest absolute Gasteiger partial charge is 0.254 e. The number of fused-ring (bicyclic) bond motifs is 2. The third-order valence-electron chi connectivity index (χ3n) is 6.42. The number of halogens is 1. The van der Waals surface area contributed by atoms with E-state index in [4.69, 9.17) is 4.74 Å². The normalized spacial score (nSPS) is 20.6. The second-order valence-corrected chi connectivity index (χ2v) is 8.89. The summed E-state index contributed by atoms with van der Waals surface area (Å²) < 4.78 is 23.7. The average Bonchev–Trinajstić information content (AvgIpc) is 3.39. The minimum atomic E-state index is -0.645. The molecular formula is C23H26FN7O3. The molecule has 0 unspecified atom stereocenters. The van der Waals surface area contributed by atoms with Gasteiger partial charge in [0, 0.05) is 19.3 Å². The van der Waals surface area contributed by atoms with Crippen LogP contribution in [0.25, 0.3) is 22.2 Å². The minimum absolute atomic E-state index is 0.106. The number of nitrogens with zero attached hydrogens (tertiary/aromatic N) is 5. The molecule has 4 heterocycles. The van der Waals surface area contributed by atoms with Crippen molar-refractivity contribution in [2.45, 2.75) is 44.2 Å². The van der Waals surface area contributed by atoms with Crippen molar-refractivity contribution in [1.82, 2.24) is 29.5 Å². The van der Waals surface area contributed by atoms with Gasteiger partial charge in [0.2, 0.25) is 11.8 Å². The molecule has 1 aliphatic carbocycles. The lowest BCUT2D eigenvalue weighted by molar-refractivity contribution is 0.0195. The van der Waals surface area contributed by atoms with Gasteiger partial charge in [-0.15, -0.1) is 5.10 Å². The molecule has 34 heavy (non-hydrogen) atoms. The Kier molecular flexibility index (Phi) is 5.35. The van der Waals surface area contributed by atoms with E-state index in [1.165, 1.54) is 24.0 Å². The van der Waals surface area contributed by atoms with Crippen molar-refractivity contribution in [2.24, 2.45) is 0 Å². The largest absolute Gasteiger partial charge is 0.479 e. The Bertz CT molecular complexity index is 1380. The van der Waals surface area contributed by atoms with E-state index in [9.17, 15) is 9.90 Å². The summed E-state index contributed by atoms with van der Waals surface area (Å²) in [4.78, 5) is 16.7. The monoisotopic (exact) mass is 467 g/mol. The molecule has 1 saturated carbocycles. The molecule has 0 aliphatic heterocycles. The van der Waals surface area contributed by atoms with Crippen LogP contribution in [-0.2, 0) is 0 Å². The molecule has 0 saturated heterocycles. The Morgan fingerprint density at radius 1 is 1.32 bits per heavy atom. The van der Waals surface area contributed by atoms with Crippen molar-refractivity contribution in [3.8, 4) is 17.0 Å². The summed E-state index contributed by atoms with van der Waals surface area (Å²) in [6.07, 6.45) is 7.34. The molecule has 0 aromatic carbocycles. The van der Waals surface area contributed by atoms with E-state index in [0.717, 1.165) is 12.8 Å². The number of nitrogens with one attached hydrogen (secondary N) is 2. The van der Waals surface area contributed by atoms with Crippen LogP contribution in [0.4, 0.5) is 10.3 Å². The van der Waals surface area contributed by atoms with E-state index in [2.05, 4.69) is 25.8 Å². The van der Waals surface area contributed by atoms with Crippen LogP contribution < -0.4 is 15.4 Å². The van der Waals surface area contributed by atoms with Gasteiger partial charge in [0.1, 0.15) is 5.52 Å². The Morgan fingerprint density at radius 3 is 2.79 bits per heavy atom. The van der Waals surface area contributed by atoms with Gasteiger partial charge >= 0.3 is 0 Å². The fourth-order valence-corrected chi connectivity index (χ4v) is 4.51. The summed E-state index contributed by atoms with van der Waals surface area (Å²) in [5.41, 5.74) is 1.46. The lowest BCUT2D eigenvalue weighted by Crippen LogP contribution is -2.36. The number of rotatable bonds is 5. The first kappa shape index (κ1) is 22.1. The quantitative estimate of drug-likeness (QED) is 0.413. The molecule has 0 spiro atoms. The van der Waals surface area contributed by atoms with Crippen LogP contribution >= 0.6 is 0 Å². The molecule has 178 valence electrons.